The Balaban J connectivity index is 2.31. The zero-order valence-electron chi connectivity index (χ0n) is 20.1. The number of rotatable bonds is 14. The number of unbranched alkanes of at least 4 members (excludes halogenated alkanes) is 4. The molecule has 0 saturated carbocycles. The van der Waals surface area contributed by atoms with E-state index in [1.807, 2.05) is 0 Å². The standard InChI is InChI=1S/C23H40N6O3/c1-5-9-13-17-19(28(15-11-7-3)22(31)24-17)26-21(30)27-20-18(14-10-6-2)25-23(32)29(20)16-12-8-4/h5-16H2,1-4H3,(H,24,31)(H,25,32)(H2,26,27,30). The summed E-state index contributed by atoms with van der Waals surface area (Å²) in [6.45, 7) is 9.39. The minimum absolute atomic E-state index is 0.204. The van der Waals surface area contributed by atoms with Crippen LogP contribution in [0.2, 0.25) is 0 Å². The van der Waals surface area contributed by atoms with Gasteiger partial charge in [0, 0.05) is 13.1 Å². The average Bonchev–Trinajstić information content (AvgIpc) is 3.22. The van der Waals surface area contributed by atoms with E-state index < -0.39 is 6.03 Å². The average molecular weight is 449 g/mol. The van der Waals surface area contributed by atoms with E-state index in [0.717, 1.165) is 62.8 Å². The Morgan fingerprint density at radius 3 is 1.41 bits per heavy atom. The number of H-pyrrole nitrogens is 2. The molecule has 0 aliphatic carbocycles. The second kappa shape index (κ2) is 13.0. The van der Waals surface area contributed by atoms with Crippen LogP contribution in [0.15, 0.2) is 9.59 Å². The predicted molar refractivity (Wildman–Crippen MR) is 130 cm³/mol. The maximum atomic E-state index is 13.0. The van der Waals surface area contributed by atoms with Gasteiger partial charge in [-0.2, -0.15) is 0 Å². The van der Waals surface area contributed by atoms with Crippen molar-refractivity contribution in [3.8, 4) is 0 Å². The fourth-order valence-corrected chi connectivity index (χ4v) is 3.70. The summed E-state index contributed by atoms with van der Waals surface area (Å²) in [5, 5.41) is 5.79. The van der Waals surface area contributed by atoms with Gasteiger partial charge in [-0.3, -0.25) is 19.8 Å². The molecule has 9 nitrogen and oxygen atoms in total. The molecule has 0 unspecified atom stereocenters. The van der Waals surface area contributed by atoms with Gasteiger partial charge in [-0.05, 0) is 38.5 Å². The van der Waals surface area contributed by atoms with E-state index in [2.05, 4.69) is 48.3 Å². The maximum Gasteiger partial charge on any atom is 0.327 e. The van der Waals surface area contributed by atoms with Crippen LogP contribution in [0.25, 0.3) is 0 Å². The van der Waals surface area contributed by atoms with Crippen molar-refractivity contribution >= 4 is 17.7 Å². The molecule has 2 amide bonds. The first-order chi connectivity index (χ1) is 15.5. The van der Waals surface area contributed by atoms with Crippen LogP contribution in [-0.4, -0.2) is 25.1 Å². The minimum atomic E-state index is -0.450. The topological polar surface area (TPSA) is 117 Å². The van der Waals surface area contributed by atoms with E-state index in [0.29, 0.717) is 37.6 Å². The first kappa shape index (κ1) is 25.5. The number of anilines is 2. The molecule has 0 radical (unpaired) electrons. The maximum absolute atomic E-state index is 13.0. The molecule has 0 bridgehead atoms. The van der Waals surface area contributed by atoms with Gasteiger partial charge in [0.1, 0.15) is 11.6 Å². The molecule has 2 aromatic rings. The largest absolute Gasteiger partial charge is 0.327 e. The van der Waals surface area contributed by atoms with Gasteiger partial charge < -0.3 is 9.97 Å². The summed E-state index contributed by atoms with van der Waals surface area (Å²) in [4.78, 5) is 43.9. The third-order valence-corrected chi connectivity index (χ3v) is 5.61. The van der Waals surface area contributed by atoms with Crippen LogP contribution < -0.4 is 22.0 Å². The minimum Gasteiger partial charge on any atom is -0.308 e. The molecule has 9 heteroatoms. The van der Waals surface area contributed by atoms with Crippen molar-refractivity contribution in [2.24, 2.45) is 0 Å². The van der Waals surface area contributed by atoms with Crippen LogP contribution in [0.5, 0.6) is 0 Å². The fraction of sp³-hybridized carbons (Fsp3) is 0.696. The Morgan fingerprint density at radius 1 is 0.688 bits per heavy atom. The Bertz CT molecular complexity index is 889. The van der Waals surface area contributed by atoms with Gasteiger partial charge in [0.2, 0.25) is 0 Å². The van der Waals surface area contributed by atoms with Gasteiger partial charge in [0.25, 0.3) is 0 Å². The third kappa shape index (κ3) is 6.64. The van der Waals surface area contributed by atoms with Crippen molar-refractivity contribution in [1.82, 2.24) is 19.1 Å². The summed E-state index contributed by atoms with van der Waals surface area (Å²) in [5.41, 5.74) is 1.08. The van der Waals surface area contributed by atoms with Crippen molar-refractivity contribution < 1.29 is 4.79 Å². The SMILES string of the molecule is CCCCc1[nH]c(=O)n(CCCC)c1NC(=O)Nc1c(CCCC)[nH]c(=O)n1CCCC. The number of urea groups is 1. The molecule has 4 N–H and O–H groups in total. The second-order valence-electron chi connectivity index (χ2n) is 8.31. The van der Waals surface area contributed by atoms with Crippen molar-refractivity contribution in [3.63, 3.8) is 0 Å². The van der Waals surface area contributed by atoms with Gasteiger partial charge in [-0.1, -0.05) is 53.4 Å². The Labute approximate surface area is 190 Å². The van der Waals surface area contributed by atoms with E-state index in [-0.39, 0.29) is 11.4 Å². The number of carbonyl (C=O) groups excluding carboxylic acids is 1. The number of aryl methyl sites for hydroxylation is 2. The molecule has 0 aliphatic rings. The number of amides is 2. The van der Waals surface area contributed by atoms with Crippen molar-refractivity contribution in [3.05, 3.63) is 32.4 Å². The Hall–Kier alpha value is -2.71. The van der Waals surface area contributed by atoms with Crippen LogP contribution in [0.3, 0.4) is 0 Å². The number of hydrogen-bond acceptors (Lipinski definition) is 3. The van der Waals surface area contributed by atoms with Gasteiger partial charge in [-0.25, -0.2) is 14.4 Å². The molecule has 0 saturated heterocycles. The summed E-state index contributed by atoms with van der Waals surface area (Å²) in [6.07, 6.45) is 8.76. The predicted octanol–water partition coefficient (Wildman–Crippen LogP) is 4.60. The number of hydrogen-bond donors (Lipinski definition) is 4. The van der Waals surface area contributed by atoms with Gasteiger partial charge in [-0.15, -0.1) is 0 Å². The van der Waals surface area contributed by atoms with Crippen LogP contribution in [0, 0.1) is 0 Å². The molecule has 0 spiro atoms. The first-order valence-corrected chi connectivity index (χ1v) is 12.2. The lowest BCUT2D eigenvalue weighted by molar-refractivity contribution is 0.261. The Morgan fingerprint density at radius 2 is 1.06 bits per heavy atom. The van der Waals surface area contributed by atoms with E-state index in [9.17, 15) is 14.4 Å². The van der Waals surface area contributed by atoms with Crippen LogP contribution in [0.4, 0.5) is 16.4 Å². The molecule has 2 aromatic heterocycles. The highest BCUT2D eigenvalue weighted by Crippen LogP contribution is 2.19. The number of aromatic nitrogens is 4. The number of carbonyl (C=O) groups is 1. The molecular weight excluding hydrogens is 408 g/mol. The first-order valence-electron chi connectivity index (χ1n) is 12.2. The van der Waals surface area contributed by atoms with E-state index >= 15 is 0 Å². The number of nitrogens with zero attached hydrogens (tertiary/aromatic N) is 2. The van der Waals surface area contributed by atoms with Gasteiger partial charge in [0.05, 0.1) is 11.4 Å². The van der Waals surface area contributed by atoms with Crippen LogP contribution in [-0.2, 0) is 25.9 Å². The molecular formula is C23H40N6O3. The highest BCUT2D eigenvalue weighted by atomic mass is 16.2. The summed E-state index contributed by atoms with van der Waals surface area (Å²) < 4.78 is 3.21. The smallest absolute Gasteiger partial charge is 0.308 e. The number of aromatic amines is 2. The van der Waals surface area contributed by atoms with E-state index in [4.69, 9.17) is 0 Å². The zero-order valence-corrected chi connectivity index (χ0v) is 20.1. The lowest BCUT2D eigenvalue weighted by atomic mass is 10.2. The summed E-state index contributed by atoms with van der Waals surface area (Å²) >= 11 is 0. The van der Waals surface area contributed by atoms with Crippen LogP contribution >= 0.6 is 0 Å². The Kier molecular flexibility index (Phi) is 10.4. The molecule has 0 atom stereocenters. The summed E-state index contributed by atoms with van der Waals surface area (Å²) in [5.74, 6) is 1.03. The van der Waals surface area contributed by atoms with Crippen molar-refractivity contribution in [1.29, 1.82) is 0 Å². The van der Waals surface area contributed by atoms with Crippen LogP contribution in [0.1, 0.15) is 90.4 Å². The lowest BCUT2D eigenvalue weighted by Crippen LogP contribution is -2.27. The number of imidazole rings is 2. The van der Waals surface area contributed by atoms with E-state index in [1.54, 1.807) is 9.13 Å². The monoisotopic (exact) mass is 448 g/mol. The molecule has 180 valence electrons. The molecule has 32 heavy (non-hydrogen) atoms. The molecule has 2 rings (SSSR count). The normalized spacial score (nSPS) is 11.1. The molecule has 0 aromatic carbocycles. The second-order valence-corrected chi connectivity index (χ2v) is 8.31. The van der Waals surface area contributed by atoms with Gasteiger partial charge >= 0.3 is 17.4 Å². The molecule has 0 aliphatic heterocycles. The third-order valence-electron chi connectivity index (χ3n) is 5.61. The molecule has 2 heterocycles. The fourth-order valence-electron chi connectivity index (χ4n) is 3.70. The molecule has 0 fully saturated rings. The highest BCUT2D eigenvalue weighted by molar-refractivity contribution is 5.99. The zero-order chi connectivity index (χ0) is 23.5. The van der Waals surface area contributed by atoms with Gasteiger partial charge in [0.15, 0.2) is 0 Å². The van der Waals surface area contributed by atoms with E-state index in [1.165, 1.54) is 0 Å². The lowest BCUT2D eigenvalue weighted by Gasteiger charge is -2.14. The summed E-state index contributed by atoms with van der Waals surface area (Å²) in [7, 11) is 0. The van der Waals surface area contributed by atoms with Crippen molar-refractivity contribution in [2.75, 3.05) is 10.6 Å². The number of nitrogens with one attached hydrogen (secondary N) is 4. The van der Waals surface area contributed by atoms with Crippen molar-refractivity contribution in [2.45, 2.75) is 105 Å². The summed E-state index contributed by atoms with van der Waals surface area (Å²) in [6, 6.07) is -0.450. The highest BCUT2D eigenvalue weighted by Gasteiger charge is 2.19. The quantitative estimate of drug-likeness (QED) is 0.338.